The van der Waals surface area contributed by atoms with E-state index >= 15 is 0 Å². The second kappa shape index (κ2) is 11.6. The van der Waals surface area contributed by atoms with Crippen LogP contribution in [0.5, 0.6) is 0 Å². The van der Waals surface area contributed by atoms with Gasteiger partial charge in [0, 0.05) is 0 Å². The number of halogens is 3. The van der Waals surface area contributed by atoms with Crippen molar-refractivity contribution in [2.24, 2.45) is 11.7 Å². The van der Waals surface area contributed by atoms with E-state index in [0.717, 1.165) is 11.6 Å². The maximum absolute atomic E-state index is 13.7. The van der Waals surface area contributed by atoms with E-state index in [9.17, 15) is 22.8 Å². The summed E-state index contributed by atoms with van der Waals surface area (Å²) in [5.74, 6) is -0.0303. The number of aliphatic hydroxyl groups excluding tert-OH is 1. The van der Waals surface area contributed by atoms with Crippen LogP contribution < -0.4 is 5.73 Å². The summed E-state index contributed by atoms with van der Waals surface area (Å²) in [7, 11) is -4.79. The topological polar surface area (TPSA) is 122 Å². The zero-order chi connectivity index (χ0) is 25.7. The second-order valence-corrected chi connectivity index (χ2v) is 10.7. The van der Waals surface area contributed by atoms with E-state index < -0.39 is 44.2 Å². The highest BCUT2D eigenvalue weighted by molar-refractivity contribution is 7.46. The lowest BCUT2D eigenvalue weighted by molar-refractivity contribution is -0.0949. The average molecular weight is 519 g/mol. The largest absolute Gasteiger partial charge is 0.493 e. The molecule has 2 aliphatic rings. The molecule has 0 amide bonds. The third-order valence-electron chi connectivity index (χ3n) is 6.32. The molecule has 0 radical (unpaired) electrons. The van der Waals surface area contributed by atoms with Gasteiger partial charge in [0.2, 0.25) is 0 Å². The van der Waals surface area contributed by atoms with Gasteiger partial charge in [0.15, 0.2) is 0 Å². The highest BCUT2D eigenvalue weighted by atomic mass is 31.2. The van der Waals surface area contributed by atoms with E-state index in [4.69, 9.17) is 20.3 Å². The van der Waals surface area contributed by atoms with E-state index in [2.05, 4.69) is 28.8 Å². The van der Waals surface area contributed by atoms with Gasteiger partial charge in [-0.05, 0) is 74.0 Å². The summed E-state index contributed by atoms with van der Waals surface area (Å²) in [5.41, 5.74) is 6.06. The standard InChI is InChI=1S/C24H33F3NO6P/c25-24(26,27)21-14-18(11-12-23(28,15-29)16-34-35(30,31)32)5-10-22(21)33-13-1-2-17-3-6-19(7-4-17)20-8-9-20/h3-4,6-7,10,14,18,20,29H,1-2,5,8-9,11-13,15-16,28H2,(H2,30,31,32). The summed E-state index contributed by atoms with van der Waals surface area (Å²) < 4.78 is 61.8. The molecule has 0 aliphatic heterocycles. The molecular formula is C24H33F3NO6P. The van der Waals surface area contributed by atoms with Crippen LogP contribution in [-0.4, -0.2) is 46.4 Å². The summed E-state index contributed by atoms with van der Waals surface area (Å²) in [4.78, 5) is 17.7. The van der Waals surface area contributed by atoms with Gasteiger partial charge in [-0.1, -0.05) is 30.3 Å². The normalized spacial score (nSPS) is 20.7. The van der Waals surface area contributed by atoms with Crippen LogP contribution in [0.3, 0.4) is 0 Å². The quantitative estimate of drug-likeness (QED) is 0.224. The number of nitrogens with two attached hydrogens (primary N) is 1. The molecule has 35 heavy (non-hydrogen) atoms. The lowest BCUT2D eigenvalue weighted by Crippen LogP contribution is -2.48. The molecule has 0 bridgehead atoms. The average Bonchev–Trinajstić information content (AvgIpc) is 3.64. The van der Waals surface area contributed by atoms with Crippen molar-refractivity contribution in [1.29, 1.82) is 0 Å². The smallest absolute Gasteiger partial charge is 0.469 e. The van der Waals surface area contributed by atoms with Gasteiger partial charge in [-0.2, -0.15) is 13.2 Å². The predicted octanol–water partition coefficient (Wildman–Crippen LogP) is 4.49. The van der Waals surface area contributed by atoms with Crippen LogP contribution in [-0.2, 0) is 20.2 Å². The van der Waals surface area contributed by atoms with E-state index in [-0.39, 0.29) is 25.2 Å². The van der Waals surface area contributed by atoms with Crippen molar-refractivity contribution >= 4 is 7.82 Å². The number of phosphoric ester groups is 1. The van der Waals surface area contributed by atoms with Crippen molar-refractivity contribution in [3.63, 3.8) is 0 Å². The number of ether oxygens (including phenoxy) is 1. The van der Waals surface area contributed by atoms with Gasteiger partial charge < -0.3 is 25.4 Å². The van der Waals surface area contributed by atoms with Crippen LogP contribution >= 0.6 is 7.82 Å². The van der Waals surface area contributed by atoms with Crippen LogP contribution in [0.4, 0.5) is 13.2 Å². The third-order valence-corrected chi connectivity index (χ3v) is 6.79. The summed E-state index contributed by atoms with van der Waals surface area (Å²) in [6.07, 6.45) is 2.16. The van der Waals surface area contributed by atoms with Crippen molar-refractivity contribution in [2.45, 2.75) is 62.6 Å². The Balaban J connectivity index is 1.50. The molecule has 5 N–H and O–H groups in total. The Hall–Kier alpha value is -1.68. The summed E-state index contributed by atoms with van der Waals surface area (Å²) in [6, 6.07) is 8.36. The fourth-order valence-corrected chi connectivity index (χ4v) is 4.47. The first-order chi connectivity index (χ1) is 16.4. The first kappa shape index (κ1) is 27.9. The van der Waals surface area contributed by atoms with E-state index in [1.54, 1.807) is 0 Å². The molecule has 3 rings (SSSR count). The van der Waals surface area contributed by atoms with Crippen LogP contribution in [0, 0.1) is 5.92 Å². The molecule has 2 atom stereocenters. The van der Waals surface area contributed by atoms with Crippen LogP contribution in [0.25, 0.3) is 0 Å². The van der Waals surface area contributed by atoms with Crippen LogP contribution in [0.2, 0.25) is 0 Å². The zero-order valence-corrected chi connectivity index (χ0v) is 20.3. The number of aliphatic hydroxyl groups is 1. The molecule has 0 heterocycles. The Bertz CT molecular complexity index is 955. The zero-order valence-electron chi connectivity index (χ0n) is 19.4. The van der Waals surface area contributed by atoms with E-state index in [1.165, 1.54) is 24.5 Å². The Morgan fingerprint density at radius 3 is 2.40 bits per heavy atom. The van der Waals surface area contributed by atoms with Gasteiger partial charge in [0.05, 0.1) is 30.9 Å². The minimum absolute atomic E-state index is 0.0133. The molecule has 11 heteroatoms. The lowest BCUT2D eigenvalue weighted by atomic mass is 9.86. The highest BCUT2D eigenvalue weighted by Gasteiger charge is 2.39. The number of alkyl halides is 3. The summed E-state index contributed by atoms with van der Waals surface area (Å²) in [6.45, 7) is -1.10. The van der Waals surface area contributed by atoms with Gasteiger partial charge in [0.25, 0.3) is 0 Å². The predicted molar refractivity (Wildman–Crippen MR) is 124 cm³/mol. The number of phosphoric acid groups is 1. The van der Waals surface area contributed by atoms with E-state index in [0.29, 0.717) is 25.2 Å². The summed E-state index contributed by atoms with van der Waals surface area (Å²) >= 11 is 0. The second-order valence-electron chi connectivity index (χ2n) is 9.43. The van der Waals surface area contributed by atoms with Gasteiger partial charge in [-0.3, -0.25) is 4.52 Å². The first-order valence-electron chi connectivity index (χ1n) is 11.7. The maximum atomic E-state index is 13.7. The molecule has 0 saturated heterocycles. The molecule has 1 saturated carbocycles. The molecule has 1 fully saturated rings. The molecule has 0 spiro atoms. The van der Waals surface area contributed by atoms with E-state index in [1.807, 2.05) is 0 Å². The van der Waals surface area contributed by atoms with Crippen LogP contribution in [0.15, 0.2) is 47.7 Å². The Morgan fingerprint density at radius 2 is 1.83 bits per heavy atom. The van der Waals surface area contributed by atoms with Crippen molar-refractivity contribution < 1.29 is 41.9 Å². The molecule has 2 unspecified atom stereocenters. The minimum atomic E-state index is -4.79. The molecular weight excluding hydrogens is 486 g/mol. The monoisotopic (exact) mass is 519 g/mol. The lowest BCUT2D eigenvalue weighted by Gasteiger charge is -2.29. The Kier molecular flexibility index (Phi) is 9.23. The van der Waals surface area contributed by atoms with Crippen molar-refractivity contribution in [1.82, 2.24) is 0 Å². The van der Waals surface area contributed by atoms with Crippen LogP contribution in [0.1, 0.15) is 55.6 Å². The number of hydrogen-bond acceptors (Lipinski definition) is 5. The molecule has 2 aliphatic carbocycles. The third kappa shape index (κ3) is 9.04. The molecule has 0 aromatic heterocycles. The number of allylic oxidation sites excluding steroid dienone is 3. The molecule has 7 nitrogen and oxygen atoms in total. The Labute approximate surface area is 203 Å². The molecule has 1 aromatic rings. The SMILES string of the molecule is NC(CO)(CCC1C=C(C(F)(F)F)C(OCCCc2ccc(C3CC3)cc2)=CC1)COP(=O)(O)O. The summed E-state index contributed by atoms with van der Waals surface area (Å²) in [5, 5.41) is 9.49. The first-order valence-corrected chi connectivity index (χ1v) is 13.2. The van der Waals surface area contributed by atoms with Gasteiger partial charge in [0.1, 0.15) is 5.76 Å². The maximum Gasteiger partial charge on any atom is 0.469 e. The molecule has 196 valence electrons. The fraction of sp³-hybridized carbons (Fsp3) is 0.583. The van der Waals surface area contributed by atoms with Gasteiger partial charge >= 0.3 is 14.0 Å². The molecule has 1 aromatic carbocycles. The Morgan fingerprint density at radius 1 is 1.14 bits per heavy atom. The van der Waals surface area contributed by atoms with Crippen molar-refractivity contribution in [3.8, 4) is 0 Å². The highest BCUT2D eigenvalue weighted by Crippen LogP contribution is 2.41. The van der Waals surface area contributed by atoms with Crippen molar-refractivity contribution in [2.75, 3.05) is 19.8 Å². The van der Waals surface area contributed by atoms with Gasteiger partial charge in [-0.25, -0.2) is 4.57 Å². The van der Waals surface area contributed by atoms with Crippen molar-refractivity contribution in [3.05, 3.63) is 58.9 Å². The van der Waals surface area contributed by atoms with Gasteiger partial charge in [-0.15, -0.1) is 0 Å². The number of hydrogen-bond donors (Lipinski definition) is 4. The minimum Gasteiger partial charge on any atom is -0.493 e. The fourth-order valence-electron chi connectivity index (χ4n) is 4.04. The number of aryl methyl sites for hydroxylation is 1. The number of rotatable bonds is 13. The number of benzene rings is 1.